The third-order valence-corrected chi connectivity index (χ3v) is 6.13. The molecule has 0 bridgehead atoms. The van der Waals surface area contributed by atoms with Crippen LogP contribution in [0, 0.1) is 5.92 Å². The summed E-state index contributed by atoms with van der Waals surface area (Å²) in [7, 11) is 0. The van der Waals surface area contributed by atoms with Crippen molar-refractivity contribution in [3.63, 3.8) is 0 Å². The number of H-pyrrole nitrogens is 1. The number of benzene rings is 1. The Morgan fingerprint density at radius 2 is 2.03 bits per heavy atom. The van der Waals surface area contributed by atoms with Crippen LogP contribution in [0.5, 0.6) is 0 Å². The summed E-state index contributed by atoms with van der Waals surface area (Å²) < 4.78 is 0. The van der Waals surface area contributed by atoms with Crippen molar-refractivity contribution in [1.82, 2.24) is 20.5 Å². The van der Waals surface area contributed by atoms with Crippen molar-refractivity contribution >= 4 is 28.7 Å². The Hall–Kier alpha value is -3.03. The van der Waals surface area contributed by atoms with Gasteiger partial charge in [0.05, 0.1) is 11.1 Å². The molecular weight excluding hydrogens is 394 g/mol. The third kappa shape index (κ3) is 5.99. The van der Waals surface area contributed by atoms with Gasteiger partial charge in [-0.05, 0) is 43.7 Å². The fourth-order valence-electron chi connectivity index (χ4n) is 4.33. The normalized spacial score (nSPS) is 18.7. The van der Waals surface area contributed by atoms with Gasteiger partial charge in [0.1, 0.15) is 0 Å². The molecule has 0 radical (unpaired) electrons. The minimum atomic E-state index is -0.513. The summed E-state index contributed by atoms with van der Waals surface area (Å²) in [6.45, 7) is 3.99. The Balaban J connectivity index is 1.48. The smallest absolute Gasteiger partial charge is 0.312 e. The van der Waals surface area contributed by atoms with Crippen molar-refractivity contribution in [1.29, 1.82) is 0 Å². The number of likely N-dealkylation sites (tertiary alicyclic amines) is 1. The first kappa shape index (κ1) is 22.7. The molecule has 8 heteroatoms. The number of hydrogen-bond donors (Lipinski definition) is 4. The van der Waals surface area contributed by atoms with E-state index in [1.807, 2.05) is 35.4 Å². The van der Waals surface area contributed by atoms with Crippen LogP contribution >= 0.6 is 0 Å². The molecule has 0 spiro atoms. The van der Waals surface area contributed by atoms with Crippen molar-refractivity contribution in [3.8, 4) is 0 Å². The lowest BCUT2D eigenvalue weighted by molar-refractivity contribution is -0.133. The molecule has 4 amide bonds. The van der Waals surface area contributed by atoms with E-state index in [0.29, 0.717) is 31.6 Å². The van der Waals surface area contributed by atoms with E-state index in [4.69, 9.17) is 5.73 Å². The molecular formula is C23H33N5O3. The summed E-state index contributed by atoms with van der Waals surface area (Å²) in [5, 5.41) is 6.79. The number of hydrogen-bond acceptors (Lipinski definition) is 3. The van der Waals surface area contributed by atoms with E-state index in [1.54, 1.807) is 0 Å². The SMILES string of the molecule is CCC1CN(C(=O)CCCCCNC(N)=O)CCC1NC(=O)c1cccc2cc[nH]c12. The maximum Gasteiger partial charge on any atom is 0.312 e. The molecule has 1 aromatic heterocycles. The van der Waals surface area contributed by atoms with Gasteiger partial charge in [-0.1, -0.05) is 25.5 Å². The molecule has 2 heterocycles. The lowest BCUT2D eigenvalue weighted by Gasteiger charge is -2.38. The van der Waals surface area contributed by atoms with E-state index in [2.05, 4.69) is 22.5 Å². The lowest BCUT2D eigenvalue weighted by atomic mass is 9.89. The number of nitrogens with zero attached hydrogens (tertiary/aromatic N) is 1. The number of aromatic nitrogens is 1. The Labute approximate surface area is 182 Å². The summed E-state index contributed by atoms with van der Waals surface area (Å²) >= 11 is 0. The van der Waals surface area contributed by atoms with Gasteiger partial charge in [0.15, 0.2) is 0 Å². The van der Waals surface area contributed by atoms with E-state index in [-0.39, 0.29) is 23.8 Å². The number of carbonyl (C=O) groups excluding carboxylic acids is 3. The number of unbranched alkanes of at least 4 members (excludes halogenated alkanes) is 2. The molecule has 1 aliphatic rings. The van der Waals surface area contributed by atoms with Crippen LogP contribution in [0.1, 0.15) is 55.8 Å². The van der Waals surface area contributed by atoms with Crippen LogP contribution in [0.15, 0.2) is 30.5 Å². The van der Waals surface area contributed by atoms with E-state index >= 15 is 0 Å². The van der Waals surface area contributed by atoms with Gasteiger partial charge in [0, 0.05) is 43.7 Å². The molecule has 2 unspecified atom stereocenters. The average Bonchev–Trinajstić information content (AvgIpc) is 3.25. The molecule has 8 nitrogen and oxygen atoms in total. The molecule has 168 valence electrons. The van der Waals surface area contributed by atoms with Crippen LogP contribution in [0.2, 0.25) is 0 Å². The number of piperidine rings is 1. The van der Waals surface area contributed by atoms with Gasteiger partial charge in [-0.15, -0.1) is 0 Å². The Morgan fingerprint density at radius 3 is 2.81 bits per heavy atom. The van der Waals surface area contributed by atoms with Crippen molar-refractivity contribution < 1.29 is 14.4 Å². The Kier molecular flexibility index (Phi) is 7.92. The number of urea groups is 1. The molecule has 31 heavy (non-hydrogen) atoms. The van der Waals surface area contributed by atoms with Crippen LogP contribution in [0.25, 0.3) is 10.9 Å². The number of nitrogens with one attached hydrogen (secondary N) is 3. The number of nitrogens with two attached hydrogens (primary N) is 1. The van der Waals surface area contributed by atoms with Gasteiger partial charge < -0.3 is 26.3 Å². The van der Waals surface area contributed by atoms with Crippen LogP contribution in [0.3, 0.4) is 0 Å². The Morgan fingerprint density at radius 1 is 1.19 bits per heavy atom. The number of para-hydroxylation sites is 1. The van der Waals surface area contributed by atoms with Crippen molar-refractivity contribution in [2.75, 3.05) is 19.6 Å². The van der Waals surface area contributed by atoms with E-state index in [0.717, 1.165) is 43.0 Å². The number of fused-ring (bicyclic) bond motifs is 1. The number of carbonyl (C=O) groups is 3. The van der Waals surface area contributed by atoms with E-state index < -0.39 is 6.03 Å². The first-order chi connectivity index (χ1) is 15.0. The van der Waals surface area contributed by atoms with Gasteiger partial charge in [0.2, 0.25) is 5.91 Å². The monoisotopic (exact) mass is 427 g/mol. The summed E-state index contributed by atoms with van der Waals surface area (Å²) in [5.41, 5.74) is 6.54. The molecule has 1 saturated heterocycles. The van der Waals surface area contributed by atoms with E-state index in [9.17, 15) is 14.4 Å². The average molecular weight is 428 g/mol. The van der Waals surface area contributed by atoms with Gasteiger partial charge in [-0.2, -0.15) is 0 Å². The van der Waals surface area contributed by atoms with Crippen molar-refractivity contribution in [3.05, 3.63) is 36.0 Å². The second kappa shape index (κ2) is 10.8. The largest absolute Gasteiger partial charge is 0.361 e. The minimum Gasteiger partial charge on any atom is -0.361 e. The molecule has 1 fully saturated rings. The fourth-order valence-corrected chi connectivity index (χ4v) is 4.33. The molecule has 3 rings (SSSR count). The highest BCUT2D eigenvalue weighted by Gasteiger charge is 2.31. The summed E-state index contributed by atoms with van der Waals surface area (Å²) in [5.74, 6) is 0.340. The summed E-state index contributed by atoms with van der Waals surface area (Å²) in [6.07, 6.45) is 6.51. The maximum absolute atomic E-state index is 12.9. The van der Waals surface area contributed by atoms with Crippen LogP contribution in [-0.4, -0.2) is 53.4 Å². The highest BCUT2D eigenvalue weighted by Crippen LogP contribution is 2.23. The first-order valence-electron chi connectivity index (χ1n) is 11.2. The first-order valence-corrected chi connectivity index (χ1v) is 11.2. The zero-order valence-electron chi connectivity index (χ0n) is 18.2. The molecule has 2 aromatic rings. The molecule has 1 aromatic carbocycles. The van der Waals surface area contributed by atoms with Gasteiger partial charge in [-0.25, -0.2) is 4.79 Å². The standard InChI is InChI=1S/C23H33N5O3/c1-2-16-15-28(20(29)9-4-3-5-12-26-23(24)31)14-11-19(16)27-22(30)18-8-6-7-17-10-13-25-21(17)18/h6-8,10,13,16,19,25H,2-5,9,11-12,14-15H2,1H3,(H,27,30)(H3,24,26,31). The number of rotatable bonds is 9. The second-order valence-corrected chi connectivity index (χ2v) is 8.23. The molecule has 0 saturated carbocycles. The van der Waals surface area contributed by atoms with Crippen molar-refractivity contribution in [2.45, 2.75) is 51.5 Å². The van der Waals surface area contributed by atoms with Gasteiger partial charge in [0.25, 0.3) is 5.91 Å². The minimum absolute atomic E-state index is 0.0617. The zero-order chi connectivity index (χ0) is 22.2. The Bertz CT molecular complexity index is 910. The van der Waals surface area contributed by atoms with Gasteiger partial charge in [-0.3, -0.25) is 9.59 Å². The van der Waals surface area contributed by atoms with Crippen LogP contribution < -0.4 is 16.4 Å². The quantitative estimate of drug-likeness (QED) is 0.461. The zero-order valence-corrected chi connectivity index (χ0v) is 18.2. The number of amides is 4. The van der Waals surface area contributed by atoms with Crippen LogP contribution in [-0.2, 0) is 4.79 Å². The van der Waals surface area contributed by atoms with Crippen LogP contribution in [0.4, 0.5) is 4.79 Å². The third-order valence-electron chi connectivity index (χ3n) is 6.13. The highest BCUT2D eigenvalue weighted by molar-refractivity contribution is 6.05. The summed E-state index contributed by atoms with van der Waals surface area (Å²) in [6, 6.07) is 7.23. The highest BCUT2D eigenvalue weighted by atomic mass is 16.2. The van der Waals surface area contributed by atoms with Crippen molar-refractivity contribution in [2.24, 2.45) is 11.7 Å². The molecule has 1 aliphatic heterocycles. The number of primary amides is 1. The molecule has 0 aliphatic carbocycles. The molecule has 2 atom stereocenters. The van der Waals surface area contributed by atoms with E-state index in [1.165, 1.54) is 0 Å². The maximum atomic E-state index is 12.9. The number of aromatic amines is 1. The topological polar surface area (TPSA) is 120 Å². The predicted octanol–water partition coefficient (Wildman–Crippen LogP) is 2.75. The summed E-state index contributed by atoms with van der Waals surface area (Å²) in [4.78, 5) is 41.3. The van der Waals surface area contributed by atoms with Gasteiger partial charge >= 0.3 is 6.03 Å². The fraction of sp³-hybridized carbons (Fsp3) is 0.522. The second-order valence-electron chi connectivity index (χ2n) is 8.23. The lowest BCUT2D eigenvalue weighted by Crippen LogP contribution is -2.52. The molecule has 5 N–H and O–H groups in total. The predicted molar refractivity (Wildman–Crippen MR) is 121 cm³/mol.